The third-order valence-electron chi connectivity index (χ3n) is 5.51. The zero-order valence-electron chi connectivity index (χ0n) is 13.3. The number of amides is 1. The normalized spacial score (nSPS) is 33.6. The molecule has 116 valence electrons. The number of carbonyl (C=O) groups is 1. The Morgan fingerprint density at radius 2 is 1.85 bits per heavy atom. The Hall–Kier alpha value is -0.570. The Bertz CT molecular complexity index is 319. The van der Waals surface area contributed by atoms with Gasteiger partial charge in [-0.2, -0.15) is 0 Å². The van der Waals surface area contributed by atoms with Crippen LogP contribution in [0.3, 0.4) is 0 Å². The molecule has 2 aliphatic rings. The van der Waals surface area contributed by atoms with E-state index in [1.807, 2.05) is 0 Å². The number of nitrogens with two attached hydrogens (primary N) is 1. The maximum atomic E-state index is 12.2. The van der Waals surface area contributed by atoms with Gasteiger partial charge < -0.3 is 11.1 Å². The number of hydrogen-bond acceptors (Lipinski definition) is 2. The Morgan fingerprint density at radius 1 is 1.15 bits per heavy atom. The highest BCUT2D eigenvalue weighted by molar-refractivity contribution is 5.76. The van der Waals surface area contributed by atoms with Crippen molar-refractivity contribution in [2.24, 2.45) is 17.1 Å². The minimum atomic E-state index is 0.264. The Kier molecular flexibility index (Phi) is 5.48. The van der Waals surface area contributed by atoms with Crippen LogP contribution in [0.1, 0.15) is 78.1 Å². The van der Waals surface area contributed by atoms with Crippen molar-refractivity contribution in [2.45, 2.75) is 90.1 Å². The molecular weight excluding hydrogens is 248 g/mol. The summed E-state index contributed by atoms with van der Waals surface area (Å²) in [5.74, 6) is 0.986. The summed E-state index contributed by atoms with van der Waals surface area (Å²) in [5, 5.41) is 3.29. The quantitative estimate of drug-likeness (QED) is 0.829. The highest BCUT2D eigenvalue weighted by Crippen LogP contribution is 2.35. The lowest BCUT2D eigenvalue weighted by Gasteiger charge is -2.39. The standard InChI is InChI=1S/C17H32N2O/c1-17(2)12-4-3-5-15(17)19-16(20)11-8-13-6-9-14(18)10-7-13/h13-15H,3-12,18H2,1-2H3,(H,19,20). The highest BCUT2D eigenvalue weighted by Gasteiger charge is 2.33. The molecule has 3 nitrogen and oxygen atoms in total. The second-order valence-corrected chi connectivity index (χ2v) is 7.67. The second-order valence-electron chi connectivity index (χ2n) is 7.67. The first-order valence-corrected chi connectivity index (χ1v) is 8.52. The average molecular weight is 280 g/mol. The van der Waals surface area contributed by atoms with Crippen LogP contribution >= 0.6 is 0 Å². The third kappa shape index (κ3) is 4.47. The van der Waals surface area contributed by atoms with Crippen LogP contribution in [0.15, 0.2) is 0 Å². The van der Waals surface area contributed by atoms with E-state index < -0.39 is 0 Å². The van der Waals surface area contributed by atoms with E-state index in [0.29, 0.717) is 18.5 Å². The fourth-order valence-electron chi connectivity index (χ4n) is 3.84. The molecule has 20 heavy (non-hydrogen) atoms. The average Bonchev–Trinajstić information content (AvgIpc) is 2.40. The first kappa shape index (κ1) is 15.8. The van der Waals surface area contributed by atoms with Crippen LogP contribution in [0.5, 0.6) is 0 Å². The molecule has 2 rings (SSSR count). The van der Waals surface area contributed by atoms with Crippen molar-refractivity contribution in [3.05, 3.63) is 0 Å². The summed E-state index contributed by atoms with van der Waals surface area (Å²) in [6.07, 6.45) is 11.4. The van der Waals surface area contributed by atoms with Crippen LogP contribution in [-0.4, -0.2) is 18.0 Å². The predicted molar refractivity (Wildman–Crippen MR) is 83.3 cm³/mol. The van der Waals surface area contributed by atoms with Gasteiger partial charge in [0.25, 0.3) is 0 Å². The molecular formula is C17H32N2O. The third-order valence-corrected chi connectivity index (χ3v) is 5.51. The van der Waals surface area contributed by atoms with E-state index >= 15 is 0 Å². The Morgan fingerprint density at radius 3 is 2.50 bits per heavy atom. The van der Waals surface area contributed by atoms with Crippen LogP contribution < -0.4 is 11.1 Å². The van der Waals surface area contributed by atoms with Gasteiger partial charge in [0.2, 0.25) is 5.91 Å². The molecule has 2 saturated carbocycles. The Labute approximate surface area is 124 Å². The summed E-state index contributed by atoms with van der Waals surface area (Å²) in [6.45, 7) is 4.58. The monoisotopic (exact) mass is 280 g/mol. The van der Waals surface area contributed by atoms with E-state index in [9.17, 15) is 4.79 Å². The molecule has 0 heterocycles. The molecule has 0 radical (unpaired) electrons. The number of hydrogen-bond donors (Lipinski definition) is 2. The molecule has 0 aromatic carbocycles. The van der Waals surface area contributed by atoms with Gasteiger partial charge in [-0.05, 0) is 56.3 Å². The van der Waals surface area contributed by atoms with E-state index in [1.54, 1.807) is 0 Å². The van der Waals surface area contributed by atoms with Gasteiger partial charge in [-0.1, -0.05) is 26.7 Å². The van der Waals surface area contributed by atoms with Crippen molar-refractivity contribution >= 4 is 5.91 Å². The van der Waals surface area contributed by atoms with Crippen molar-refractivity contribution < 1.29 is 4.79 Å². The topological polar surface area (TPSA) is 55.1 Å². The van der Waals surface area contributed by atoms with Crippen molar-refractivity contribution in [2.75, 3.05) is 0 Å². The Balaban J connectivity index is 1.70. The summed E-state index contributed by atoms with van der Waals surface area (Å²) in [4.78, 5) is 12.2. The molecule has 2 aliphatic carbocycles. The molecule has 0 aromatic heterocycles. The predicted octanol–water partition coefficient (Wildman–Crippen LogP) is 3.37. The van der Waals surface area contributed by atoms with Crippen molar-refractivity contribution in [3.63, 3.8) is 0 Å². The second kappa shape index (κ2) is 6.93. The van der Waals surface area contributed by atoms with Crippen molar-refractivity contribution in [3.8, 4) is 0 Å². The summed E-state index contributed by atoms with van der Waals surface area (Å²) >= 11 is 0. The van der Waals surface area contributed by atoms with Gasteiger partial charge in [-0.15, -0.1) is 0 Å². The lowest BCUT2D eigenvalue weighted by Crippen LogP contribution is -2.46. The molecule has 0 aromatic rings. The number of carbonyl (C=O) groups excluding carboxylic acids is 1. The first-order chi connectivity index (χ1) is 9.47. The fourth-order valence-corrected chi connectivity index (χ4v) is 3.84. The van der Waals surface area contributed by atoms with Crippen LogP contribution in [-0.2, 0) is 4.79 Å². The van der Waals surface area contributed by atoms with Gasteiger partial charge in [-0.3, -0.25) is 4.79 Å². The maximum Gasteiger partial charge on any atom is 0.220 e. The zero-order valence-corrected chi connectivity index (χ0v) is 13.3. The molecule has 3 N–H and O–H groups in total. The van der Waals surface area contributed by atoms with Gasteiger partial charge >= 0.3 is 0 Å². The minimum absolute atomic E-state index is 0.264. The SMILES string of the molecule is CC1(C)CCCCC1NC(=O)CCC1CCC(N)CC1. The van der Waals surface area contributed by atoms with Crippen molar-refractivity contribution in [1.82, 2.24) is 5.32 Å². The molecule has 3 heteroatoms. The summed E-state index contributed by atoms with van der Waals surface area (Å²) in [5.41, 5.74) is 6.20. The molecule has 0 saturated heterocycles. The zero-order chi connectivity index (χ0) is 14.6. The van der Waals surface area contributed by atoms with Crippen LogP contribution in [0, 0.1) is 11.3 Å². The number of nitrogens with one attached hydrogen (secondary N) is 1. The first-order valence-electron chi connectivity index (χ1n) is 8.52. The van der Waals surface area contributed by atoms with E-state index in [0.717, 1.165) is 31.6 Å². The summed E-state index contributed by atoms with van der Waals surface area (Å²) in [6, 6.07) is 0.784. The lowest BCUT2D eigenvalue weighted by molar-refractivity contribution is -0.123. The van der Waals surface area contributed by atoms with E-state index in [-0.39, 0.29) is 11.3 Å². The largest absolute Gasteiger partial charge is 0.353 e. The van der Waals surface area contributed by atoms with Gasteiger partial charge in [0.05, 0.1) is 0 Å². The van der Waals surface area contributed by atoms with E-state index in [4.69, 9.17) is 5.73 Å². The molecule has 0 spiro atoms. The van der Waals surface area contributed by atoms with Gasteiger partial charge in [0.1, 0.15) is 0 Å². The lowest BCUT2D eigenvalue weighted by atomic mass is 9.73. The molecule has 1 amide bonds. The smallest absolute Gasteiger partial charge is 0.220 e. The van der Waals surface area contributed by atoms with Crippen molar-refractivity contribution in [1.29, 1.82) is 0 Å². The highest BCUT2D eigenvalue weighted by atomic mass is 16.1. The van der Waals surface area contributed by atoms with Gasteiger partial charge in [0.15, 0.2) is 0 Å². The fraction of sp³-hybridized carbons (Fsp3) is 0.941. The summed E-state index contributed by atoms with van der Waals surface area (Å²) < 4.78 is 0. The molecule has 0 bridgehead atoms. The number of rotatable bonds is 4. The van der Waals surface area contributed by atoms with E-state index in [2.05, 4.69) is 19.2 Å². The molecule has 2 fully saturated rings. The maximum absolute atomic E-state index is 12.2. The van der Waals surface area contributed by atoms with Crippen LogP contribution in [0.4, 0.5) is 0 Å². The molecule has 1 unspecified atom stereocenters. The molecule has 1 atom stereocenters. The van der Waals surface area contributed by atoms with Crippen LogP contribution in [0.2, 0.25) is 0 Å². The minimum Gasteiger partial charge on any atom is -0.353 e. The van der Waals surface area contributed by atoms with Crippen LogP contribution in [0.25, 0.3) is 0 Å². The van der Waals surface area contributed by atoms with E-state index in [1.165, 1.54) is 32.1 Å². The van der Waals surface area contributed by atoms with Gasteiger partial charge in [-0.25, -0.2) is 0 Å². The molecule has 0 aliphatic heterocycles. The van der Waals surface area contributed by atoms with Gasteiger partial charge in [0, 0.05) is 18.5 Å². The summed E-state index contributed by atoms with van der Waals surface area (Å²) in [7, 11) is 0.